The molecule has 1 heterocycles. The van der Waals surface area contributed by atoms with Crippen LogP contribution in [-0.2, 0) is 39.7 Å². The summed E-state index contributed by atoms with van der Waals surface area (Å²) in [5.41, 5.74) is 1.55. The number of methoxy groups -OCH3 is 2. The van der Waals surface area contributed by atoms with Crippen LogP contribution in [0.4, 0.5) is 13.2 Å². The second-order valence-electron chi connectivity index (χ2n) is 9.02. The van der Waals surface area contributed by atoms with Crippen molar-refractivity contribution in [2.45, 2.75) is 64.0 Å². The number of hydrogen-bond acceptors (Lipinski definition) is 7. The summed E-state index contributed by atoms with van der Waals surface area (Å²) in [5.74, 6) is -3.27. The zero-order valence-electron chi connectivity index (χ0n) is 21.1. The van der Waals surface area contributed by atoms with Crippen LogP contribution in [0.15, 0.2) is 42.0 Å². The normalized spacial score (nSPS) is 27.4. The van der Waals surface area contributed by atoms with Crippen LogP contribution in [0.3, 0.4) is 0 Å². The lowest BCUT2D eigenvalue weighted by molar-refractivity contribution is -0.233. The molecule has 1 saturated heterocycles. The second-order valence-corrected chi connectivity index (χ2v) is 10.6. The van der Waals surface area contributed by atoms with Crippen LogP contribution in [0.5, 0.6) is 0 Å². The van der Waals surface area contributed by atoms with Crippen molar-refractivity contribution in [2.24, 2.45) is 11.8 Å². The molecule has 1 aromatic carbocycles. The minimum atomic E-state index is -5.17. The number of halogens is 3. The fraction of sp³-hybridized carbons (Fsp3) is 0.625. The standard InChI is InChI=1S/C24H34F3NO7S/c1-14(18(32-4)13-17-10-8-7-9-11-17)12-15(2)20-21(35-36(6,30)31)19(16(3)22(33-5)34-20)28-23(29)24(25,26)27/h7-12,14,16,18-22H,13H2,1-6H3,(H,28,29)/b15-12+/t14-,16-,18+,19+,20+,21-,22-/m0/s1. The number of carbonyl (C=O) groups is 1. The van der Waals surface area contributed by atoms with Crippen molar-refractivity contribution in [3.8, 4) is 0 Å². The third kappa shape index (κ3) is 8.27. The number of rotatable bonds is 10. The predicted octanol–water partition coefficient (Wildman–Crippen LogP) is 3.23. The van der Waals surface area contributed by atoms with Gasteiger partial charge in [0.2, 0.25) is 0 Å². The highest BCUT2D eigenvalue weighted by Gasteiger charge is 2.50. The van der Waals surface area contributed by atoms with Crippen LogP contribution in [0.2, 0.25) is 0 Å². The van der Waals surface area contributed by atoms with Gasteiger partial charge in [-0.05, 0) is 24.5 Å². The van der Waals surface area contributed by atoms with Gasteiger partial charge in [-0.15, -0.1) is 0 Å². The van der Waals surface area contributed by atoms with E-state index in [9.17, 15) is 26.4 Å². The van der Waals surface area contributed by atoms with E-state index in [4.69, 9.17) is 18.4 Å². The highest BCUT2D eigenvalue weighted by molar-refractivity contribution is 7.86. The molecule has 1 amide bonds. The molecule has 0 spiro atoms. The summed E-state index contributed by atoms with van der Waals surface area (Å²) in [5, 5.41) is 1.89. The maximum atomic E-state index is 13.1. The lowest BCUT2D eigenvalue weighted by atomic mass is 9.85. The third-order valence-electron chi connectivity index (χ3n) is 6.15. The van der Waals surface area contributed by atoms with Gasteiger partial charge in [0.1, 0.15) is 12.2 Å². The topological polar surface area (TPSA) is 100 Å². The van der Waals surface area contributed by atoms with Crippen LogP contribution in [0, 0.1) is 11.8 Å². The molecule has 1 aromatic rings. The molecule has 0 aromatic heterocycles. The van der Waals surface area contributed by atoms with Gasteiger partial charge in [0.15, 0.2) is 6.29 Å². The number of ether oxygens (including phenoxy) is 3. The van der Waals surface area contributed by atoms with Crippen LogP contribution in [0.25, 0.3) is 0 Å². The highest BCUT2D eigenvalue weighted by atomic mass is 32.2. The number of amides is 1. The van der Waals surface area contributed by atoms with Gasteiger partial charge in [0.05, 0.1) is 18.4 Å². The number of carbonyl (C=O) groups excluding carboxylic acids is 1. The molecular formula is C24H34F3NO7S. The minimum Gasteiger partial charge on any atom is -0.381 e. The summed E-state index contributed by atoms with van der Waals surface area (Å²) in [6, 6.07) is 8.29. The molecule has 0 unspecified atom stereocenters. The van der Waals surface area contributed by atoms with Crippen molar-refractivity contribution < 1.29 is 44.8 Å². The quantitative estimate of drug-likeness (QED) is 0.361. The Morgan fingerprint density at radius 3 is 2.33 bits per heavy atom. The number of alkyl halides is 3. The van der Waals surface area contributed by atoms with Crippen molar-refractivity contribution in [2.75, 3.05) is 20.5 Å². The van der Waals surface area contributed by atoms with Gasteiger partial charge in [-0.25, -0.2) is 0 Å². The van der Waals surface area contributed by atoms with Gasteiger partial charge in [-0.3, -0.25) is 8.98 Å². The summed E-state index contributed by atoms with van der Waals surface area (Å²) in [6.45, 7) is 5.03. The average molecular weight is 538 g/mol. The Labute approximate surface area is 210 Å². The van der Waals surface area contributed by atoms with Crippen LogP contribution in [-0.4, -0.2) is 71.6 Å². The van der Waals surface area contributed by atoms with Gasteiger partial charge < -0.3 is 19.5 Å². The molecule has 2 rings (SSSR count). The van der Waals surface area contributed by atoms with E-state index in [-0.39, 0.29) is 12.0 Å². The van der Waals surface area contributed by atoms with E-state index in [0.29, 0.717) is 12.0 Å². The Bertz CT molecular complexity index is 1000. The molecule has 1 aliphatic heterocycles. The first kappa shape index (κ1) is 30.2. The molecule has 8 nitrogen and oxygen atoms in total. The molecule has 0 bridgehead atoms. The number of benzene rings is 1. The van der Waals surface area contributed by atoms with Crippen molar-refractivity contribution in [3.05, 3.63) is 47.5 Å². The van der Waals surface area contributed by atoms with Crippen LogP contribution >= 0.6 is 0 Å². The molecule has 12 heteroatoms. The smallest absolute Gasteiger partial charge is 0.381 e. The Hall–Kier alpha value is -1.99. The molecule has 7 atom stereocenters. The van der Waals surface area contributed by atoms with Gasteiger partial charge in [-0.1, -0.05) is 50.3 Å². The van der Waals surface area contributed by atoms with Crippen molar-refractivity contribution >= 4 is 16.0 Å². The van der Waals surface area contributed by atoms with E-state index < -0.39 is 52.7 Å². The molecule has 1 N–H and O–H groups in total. The minimum absolute atomic E-state index is 0.193. The first-order valence-corrected chi connectivity index (χ1v) is 13.2. The second kappa shape index (κ2) is 12.5. The SMILES string of the molecule is CO[C@H]1O[C@H](/C(C)=C/[C@H](C)[C@@H](Cc2ccccc2)OC)[C@@H](OS(C)(=O)=O)[C@H](NC(=O)C(F)(F)F)[C@@H]1C. The van der Waals surface area contributed by atoms with Gasteiger partial charge in [0, 0.05) is 26.1 Å². The molecule has 0 radical (unpaired) electrons. The molecule has 204 valence electrons. The number of hydrogen-bond donors (Lipinski definition) is 1. The summed E-state index contributed by atoms with van der Waals surface area (Å²) < 4.78 is 85.4. The third-order valence-corrected chi connectivity index (χ3v) is 6.72. The first-order valence-electron chi connectivity index (χ1n) is 11.4. The molecule has 0 saturated carbocycles. The average Bonchev–Trinajstić information content (AvgIpc) is 2.78. The maximum absolute atomic E-state index is 13.1. The molecule has 0 aliphatic carbocycles. The molecule has 1 aliphatic rings. The van der Waals surface area contributed by atoms with E-state index in [2.05, 4.69) is 0 Å². The summed E-state index contributed by atoms with van der Waals surface area (Å²) in [4.78, 5) is 11.8. The highest BCUT2D eigenvalue weighted by Crippen LogP contribution is 2.34. The fourth-order valence-corrected chi connectivity index (χ4v) is 4.97. The monoisotopic (exact) mass is 537 g/mol. The number of nitrogens with one attached hydrogen (secondary N) is 1. The Morgan fingerprint density at radius 2 is 1.83 bits per heavy atom. The lowest BCUT2D eigenvalue weighted by Gasteiger charge is -2.45. The molecule has 1 fully saturated rings. The van der Waals surface area contributed by atoms with Gasteiger partial charge in [0.25, 0.3) is 10.1 Å². The predicted molar refractivity (Wildman–Crippen MR) is 126 cm³/mol. The molecule has 36 heavy (non-hydrogen) atoms. The van der Waals surface area contributed by atoms with Crippen molar-refractivity contribution in [3.63, 3.8) is 0 Å². The summed E-state index contributed by atoms with van der Waals surface area (Å²) in [6.07, 6.45) is -5.88. The van der Waals surface area contributed by atoms with Gasteiger partial charge >= 0.3 is 12.1 Å². The molecular weight excluding hydrogens is 503 g/mol. The fourth-order valence-electron chi connectivity index (χ4n) is 4.35. The van der Waals surface area contributed by atoms with Crippen molar-refractivity contribution in [1.82, 2.24) is 5.32 Å². The Kier molecular flexibility index (Phi) is 10.5. The van der Waals surface area contributed by atoms with Crippen LogP contribution < -0.4 is 5.32 Å². The zero-order valence-corrected chi connectivity index (χ0v) is 21.9. The Morgan fingerprint density at radius 1 is 1.22 bits per heavy atom. The lowest BCUT2D eigenvalue weighted by Crippen LogP contribution is -2.63. The van der Waals surface area contributed by atoms with E-state index >= 15 is 0 Å². The van der Waals surface area contributed by atoms with Gasteiger partial charge in [-0.2, -0.15) is 21.6 Å². The maximum Gasteiger partial charge on any atom is 0.471 e. The van der Waals surface area contributed by atoms with E-state index in [1.165, 1.54) is 14.0 Å². The largest absolute Gasteiger partial charge is 0.471 e. The van der Waals surface area contributed by atoms with Crippen LogP contribution in [0.1, 0.15) is 26.3 Å². The summed E-state index contributed by atoms with van der Waals surface area (Å²) in [7, 11) is -1.26. The zero-order chi connectivity index (χ0) is 27.3. The van der Waals surface area contributed by atoms with Crippen molar-refractivity contribution in [1.29, 1.82) is 0 Å². The summed E-state index contributed by atoms with van der Waals surface area (Å²) >= 11 is 0. The Balaban J connectivity index is 2.41. The van der Waals surface area contributed by atoms with E-state index in [0.717, 1.165) is 11.8 Å². The first-order chi connectivity index (χ1) is 16.7. The van der Waals surface area contributed by atoms with E-state index in [1.54, 1.807) is 20.1 Å². The van der Waals surface area contributed by atoms with E-state index in [1.807, 2.05) is 42.6 Å².